The van der Waals surface area contributed by atoms with E-state index in [-0.39, 0.29) is 12.1 Å². The summed E-state index contributed by atoms with van der Waals surface area (Å²) in [5, 5.41) is 6.21. The Labute approximate surface area is 70.7 Å². The first-order valence-electron chi connectivity index (χ1n) is 3.85. The van der Waals surface area contributed by atoms with Crippen molar-refractivity contribution < 1.29 is 14.4 Å². The van der Waals surface area contributed by atoms with E-state index in [0.29, 0.717) is 18.9 Å². The largest absolute Gasteiger partial charge is 0.479 e. The molecule has 1 aliphatic rings. The van der Waals surface area contributed by atoms with E-state index in [1.54, 1.807) is 0 Å². The lowest BCUT2D eigenvalue weighted by atomic mass is 10.4. The van der Waals surface area contributed by atoms with Crippen molar-refractivity contribution in [2.75, 3.05) is 6.61 Å². The summed E-state index contributed by atoms with van der Waals surface area (Å²) in [6, 6.07) is 0. The smallest absolute Gasteiger partial charge is 0.231 e. The monoisotopic (exact) mass is 172 g/mol. The fourth-order valence-corrected chi connectivity index (χ4v) is 0.912. The minimum Gasteiger partial charge on any atom is -0.479 e. The predicted octanol–water partition coefficient (Wildman–Crippen LogP) is 0.219. The molecule has 0 aliphatic carbocycles. The van der Waals surface area contributed by atoms with Crippen molar-refractivity contribution in [2.45, 2.75) is 26.5 Å². The molecule has 0 aromatic rings. The number of carbonyl (C=O) groups excluding carboxylic acids is 1. The van der Waals surface area contributed by atoms with E-state index in [1.807, 2.05) is 6.92 Å². The minimum atomic E-state index is -0.357. The molecule has 1 heterocycles. The Kier molecular flexibility index (Phi) is 2.90. The standard InChI is InChI=1S/C7H12N2O3/c1-3-11-7-4-6(12-9-7)8-5(2)10/h6H,3-4H2,1-2H3,(H,8,10)/t6-/m0/s1. The van der Waals surface area contributed by atoms with Gasteiger partial charge in [-0.2, -0.15) is 0 Å². The molecule has 68 valence electrons. The third-order valence-corrected chi connectivity index (χ3v) is 1.32. The van der Waals surface area contributed by atoms with Gasteiger partial charge in [0.1, 0.15) is 0 Å². The molecule has 0 bridgehead atoms. The highest BCUT2D eigenvalue weighted by molar-refractivity contribution is 5.79. The van der Waals surface area contributed by atoms with Gasteiger partial charge in [-0.25, -0.2) is 0 Å². The lowest BCUT2D eigenvalue weighted by molar-refractivity contribution is -0.122. The second-order valence-electron chi connectivity index (χ2n) is 2.42. The number of ether oxygens (including phenoxy) is 1. The van der Waals surface area contributed by atoms with Gasteiger partial charge in [0.25, 0.3) is 0 Å². The predicted molar refractivity (Wildman–Crippen MR) is 42.4 cm³/mol. The van der Waals surface area contributed by atoms with Gasteiger partial charge in [0.15, 0.2) is 0 Å². The third kappa shape index (κ3) is 2.41. The molecule has 0 unspecified atom stereocenters. The summed E-state index contributed by atoms with van der Waals surface area (Å²) < 4.78 is 5.09. The van der Waals surface area contributed by atoms with Gasteiger partial charge in [0.05, 0.1) is 13.0 Å². The lowest BCUT2D eigenvalue weighted by Gasteiger charge is -2.07. The maximum absolute atomic E-state index is 10.6. The topological polar surface area (TPSA) is 59.9 Å². The quantitative estimate of drug-likeness (QED) is 0.648. The highest BCUT2D eigenvalue weighted by atomic mass is 16.7. The molecule has 1 amide bonds. The number of nitrogens with one attached hydrogen (secondary N) is 1. The van der Waals surface area contributed by atoms with Crippen molar-refractivity contribution >= 4 is 11.8 Å². The first-order valence-corrected chi connectivity index (χ1v) is 3.85. The molecule has 0 spiro atoms. The van der Waals surface area contributed by atoms with Crippen molar-refractivity contribution in [3.05, 3.63) is 0 Å². The Bertz CT molecular complexity index is 203. The lowest BCUT2D eigenvalue weighted by Crippen LogP contribution is -2.33. The van der Waals surface area contributed by atoms with Crippen LogP contribution in [0.25, 0.3) is 0 Å². The van der Waals surface area contributed by atoms with E-state index >= 15 is 0 Å². The van der Waals surface area contributed by atoms with Crippen molar-refractivity contribution in [3.8, 4) is 0 Å². The Balaban J connectivity index is 2.26. The molecule has 1 aliphatic heterocycles. The van der Waals surface area contributed by atoms with Crippen LogP contribution in [-0.2, 0) is 14.4 Å². The van der Waals surface area contributed by atoms with Crippen LogP contribution in [0, 0.1) is 0 Å². The van der Waals surface area contributed by atoms with Gasteiger partial charge in [-0.15, -0.1) is 0 Å². The molecule has 1 rings (SSSR count). The number of nitrogens with zero attached hydrogens (tertiary/aromatic N) is 1. The number of oxime groups is 1. The summed E-state index contributed by atoms with van der Waals surface area (Å²) in [4.78, 5) is 15.4. The van der Waals surface area contributed by atoms with Gasteiger partial charge in [0, 0.05) is 6.92 Å². The van der Waals surface area contributed by atoms with E-state index in [9.17, 15) is 4.79 Å². The summed E-state index contributed by atoms with van der Waals surface area (Å²) in [7, 11) is 0. The number of hydrogen-bond acceptors (Lipinski definition) is 4. The highest BCUT2D eigenvalue weighted by Gasteiger charge is 2.22. The van der Waals surface area contributed by atoms with Gasteiger partial charge in [-0.3, -0.25) is 4.79 Å². The average Bonchev–Trinajstić information content (AvgIpc) is 2.36. The van der Waals surface area contributed by atoms with E-state index in [1.165, 1.54) is 6.92 Å². The van der Waals surface area contributed by atoms with Gasteiger partial charge < -0.3 is 14.9 Å². The number of amides is 1. The maximum Gasteiger partial charge on any atom is 0.231 e. The molecule has 0 radical (unpaired) electrons. The molecule has 0 saturated carbocycles. The second-order valence-corrected chi connectivity index (χ2v) is 2.42. The van der Waals surface area contributed by atoms with Crippen molar-refractivity contribution in [1.82, 2.24) is 5.32 Å². The number of rotatable bonds is 2. The van der Waals surface area contributed by atoms with Crippen LogP contribution in [-0.4, -0.2) is 24.6 Å². The number of hydrogen-bond donors (Lipinski definition) is 1. The summed E-state index contributed by atoms with van der Waals surface area (Å²) in [6.45, 7) is 3.87. The molecule has 12 heavy (non-hydrogen) atoms. The van der Waals surface area contributed by atoms with E-state index < -0.39 is 0 Å². The Hall–Kier alpha value is -1.26. The molecule has 0 aromatic heterocycles. The molecule has 0 saturated heterocycles. The van der Waals surface area contributed by atoms with Gasteiger partial charge in [0.2, 0.25) is 18.0 Å². The Morgan fingerprint density at radius 3 is 3.25 bits per heavy atom. The van der Waals surface area contributed by atoms with Crippen molar-refractivity contribution in [3.63, 3.8) is 0 Å². The van der Waals surface area contributed by atoms with Crippen LogP contribution >= 0.6 is 0 Å². The van der Waals surface area contributed by atoms with Gasteiger partial charge >= 0.3 is 0 Å². The highest BCUT2D eigenvalue weighted by Crippen LogP contribution is 2.08. The fraction of sp³-hybridized carbons (Fsp3) is 0.714. The summed E-state index contributed by atoms with van der Waals surface area (Å²) >= 11 is 0. The molecule has 5 nitrogen and oxygen atoms in total. The Morgan fingerprint density at radius 2 is 2.67 bits per heavy atom. The summed E-state index contributed by atoms with van der Waals surface area (Å²) in [6.07, 6.45) is 0.150. The number of carbonyl (C=O) groups is 1. The van der Waals surface area contributed by atoms with Crippen LogP contribution in [0.15, 0.2) is 5.16 Å². The molecule has 1 N–H and O–H groups in total. The summed E-state index contributed by atoms with van der Waals surface area (Å²) in [5.41, 5.74) is 0. The zero-order chi connectivity index (χ0) is 8.97. The molecular weight excluding hydrogens is 160 g/mol. The van der Waals surface area contributed by atoms with Gasteiger partial charge in [-0.05, 0) is 12.1 Å². The zero-order valence-corrected chi connectivity index (χ0v) is 7.16. The van der Waals surface area contributed by atoms with Crippen molar-refractivity contribution in [1.29, 1.82) is 0 Å². The minimum absolute atomic E-state index is 0.132. The van der Waals surface area contributed by atoms with Crippen LogP contribution in [0.5, 0.6) is 0 Å². The van der Waals surface area contributed by atoms with Crippen molar-refractivity contribution in [2.24, 2.45) is 5.16 Å². The van der Waals surface area contributed by atoms with Crippen LogP contribution in [0.3, 0.4) is 0 Å². The molecule has 0 aromatic carbocycles. The normalized spacial score (nSPS) is 21.2. The van der Waals surface area contributed by atoms with Crippen LogP contribution in [0.4, 0.5) is 0 Å². The third-order valence-electron chi connectivity index (χ3n) is 1.32. The average molecular weight is 172 g/mol. The molecule has 5 heteroatoms. The molecular formula is C7H12N2O3. The molecule has 0 fully saturated rings. The Morgan fingerprint density at radius 1 is 1.92 bits per heavy atom. The van der Waals surface area contributed by atoms with E-state index in [0.717, 1.165) is 0 Å². The second kappa shape index (κ2) is 3.94. The SMILES string of the molecule is CCOC1=NO[C@H](NC(C)=O)C1. The van der Waals surface area contributed by atoms with Crippen LogP contribution in [0.2, 0.25) is 0 Å². The zero-order valence-electron chi connectivity index (χ0n) is 7.16. The van der Waals surface area contributed by atoms with Crippen LogP contribution < -0.4 is 5.32 Å². The molecule has 1 atom stereocenters. The fourth-order valence-electron chi connectivity index (χ4n) is 0.912. The first-order chi connectivity index (χ1) is 5.72. The maximum atomic E-state index is 10.6. The summed E-state index contributed by atoms with van der Waals surface area (Å²) in [5.74, 6) is 0.407. The van der Waals surface area contributed by atoms with E-state index in [4.69, 9.17) is 9.57 Å². The van der Waals surface area contributed by atoms with Gasteiger partial charge in [-0.1, -0.05) is 0 Å². The first kappa shape index (κ1) is 8.83. The van der Waals surface area contributed by atoms with E-state index in [2.05, 4.69) is 10.5 Å². The van der Waals surface area contributed by atoms with Crippen LogP contribution in [0.1, 0.15) is 20.3 Å².